The van der Waals surface area contributed by atoms with Crippen LogP contribution in [0.25, 0.3) is 0 Å². The zero-order valence-corrected chi connectivity index (χ0v) is 15.5. The quantitative estimate of drug-likeness (QED) is 0.552. The van der Waals surface area contributed by atoms with Gasteiger partial charge in [-0.05, 0) is 0 Å². The van der Waals surface area contributed by atoms with Gasteiger partial charge in [0.05, 0.1) is 0 Å². The van der Waals surface area contributed by atoms with Crippen LogP contribution in [-0.4, -0.2) is 0 Å². The minimum absolute atomic E-state index is 0.897. The monoisotopic (exact) mass is 528 g/mol. The molecule has 5 heteroatoms. The first-order valence-electron chi connectivity index (χ1n) is 4.84. The molecule has 0 heterocycles. The van der Waals surface area contributed by atoms with Crippen LogP contribution in [0.15, 0.2) is 48.5 Å². The van der Waals surface area contributed by atoms with Gasteiger partial charge in [0, 0.05) is 0 Å². The van der Waals surface area contributed by atoms with Crippen LogP contribution in [0.4, 0.5) is 0 Å². The summed E-state index contributed by atoms with van der Waals surface area (Å²) in [5, 5.41) is 0. The van der Waals surface area contributed by atoms with Crippen molar-refractivity contribution >= 4 is 45.2 Å². The van der Waals surface area contributed by atoms with E-state index in [2.05, 4.69) is 45.2 Å². The molecule has 0 spiro atoms. The van der Waals surface area contributed by atoms with Crippen molar-refractivity contribution in [3.8, 4) is 11.5 Å². The number of hydrogen-bond acceptors (Lipinski definition) is 2. The normalized spacial score (nSPS) is 9.76. The van der Waals surface area contributed by atoms with Crippen LogP contribution in [0, 0.1) is 7.14 Å². The molecule has 0 aromatic heterocycles. The number of halogens is 2. The Morgan fingerprint density at radius 3 is 1.65 bits per heavy atom. The molecule has 0 aliphatic heterocycles. The molecule has 0 amide bonds. The van der Waals surface area contributed by atoms with Crippen molar-refractivity contribution < 1.29 is 29.7 Å². The Kier molecular flexibility index (Phi) is 5.76. The summed E-state index contributed by atoms with van der Waals surface area (Å²) in [6.45, 7) is 0. The summed E-state index contributed by atoms with van der Waals surface area (Å²) >= 11 is 3.24. The van der Waals surface area contributed by atoms with Gasteiger partial charge in [-0.1, -0.05) is 0 Å². The first kappa shape index (κ1) is 13.8. The Morgan fingerprint density at radius 1 is 0.765 bits per heavy atom. The molecule has 0 saturated carbocycles. The third kappa shape index (κ3) is 4.87. The Hall–Kier alpha value is 0.383. The van der Waals surface area contributed by atoms with Crippen LogP contribution in [0.3, 0.4) is 0 Å². The van der Waals surface area contributed by atoms with Gasteiger partial charge in [-0.3, -0.25) is 0 Å². The molecule has 0 fully saturated rings. The first-order chi connectivity index (χ1) is 8.24. The molecule has 2 nitrogen and oxygen atoms in total. The van der Waals surface area contributed by atoms with E-state index < -0.39 is 24.1 Å². The molecular formula is C12H8I2O2Zr. The summed E-state index contributed by atoms with van der Waals surface area (Å²) in [5.74, 6) is 1.79. The molecule has 0 radical (unpaired) electrons. The SMILES string of the molecule is Ic1cccc([O][Zr][O]c2cccc(I)c2)c1. The van der Waals surface area contributed by atoms with E-state index in [9.17, 15) is 0 Å². The summed E-state index contributed by atoms with van der Waals surface area (Å²) < 4.78 is 13.7. The van der Waals surface area contributed by atoms with Crippen molar-refractivity contribution in [2.45, 2.75) is 0 Å². The van der Waals surface area contributed by atoms with Crippen molar-refractivity contribution in [3.05, 3.63) is 55.7 Å². The van der Waals surface area contributed by atoms with E-state index >= 15 is 0 Å². The van der Waals surface area contributed by atoms with Gasteiger partial charge in [0.2, 0.25) is 0 Å². The van der Waals surface area contributed by atoms with E-state index in [1.54, 1.807) is 0 Å². The summed E-state index contributed by atoms with van der Waals surface area (Å²) in [4.78, 5) is 0. The van der Waals surface area contributed by atoms with Gasteiger partial charge in [0.15, 0.2) is 0 Å². The third-order valence-corrected chi connectivity index (χ3v) is 4.82. The molecule has 17 heavy (non-hydrogen) atoms. The van der Waals surface area contributed by atoms with Crippen LogP contribution in [0.5, 0.6) is 11.5 Å². The number of benzene rings is 2. The van der Waals surface area contributed by atoms with Gasteiger partial charge in [-0.25, -0.2) is 0 Å². The molecule has 0 N–H and O–H groups in total. The fraction of sp³-hybridized carbons (Fsp3) is 0. The van der Waals surface area contributed by atoms with Crippen LogP contribution in [0.2, 0.25) is 0 Å². The maximum absolute atomic E-state index is 5.67. The van der Waals surface area contributed by atoms with E-state index in [1.807, 2.05) is 48.5 Å². The van der Waals surface area contributed by atoms with Crippen LogP contribution in [0.1, 0.15) is 0 Å². The molecule has 0 atom stereocenters. The van der Waals surface area contributed by atoms with Crippen LogP contribution < -0.4 is 5.63 Å². The Balaban J connectivity index is 1.87. The van der Waals surface area contributed by atoms with E-state index in [0.717, 1.165) is 11.5 Å². The molecular weight excluding hydrogens is 521 g/mol. The molecule has 86 valence electrons. The molecule has 0 unspecified atom stereocenters. The van der Waals surface area contributed by atoms with Crippen molar-refractivity contribution in [2.75, 3.05) is 0 Å². The Bertz CT molecular complexity index is 460. The molecule has 0 bridgehead atoms. The molecule has 2 aromatic rings. The predicted octanol–water partition coefficient (Wildman–Crippen LogP) is 4.27. The summed E-state index contributed by atoms with van der Waals surface area (Å²) in [7, 11) is 0. The zero-order chi connectivity index (χ0) is 12.1. The number of hydrogen-bond donors (Lipinski definition) is 0. The molecule has 2 rings (SSSR count). The topological polar surface area (TPSA) is 18.5 Å². The van der Waals surface area contributed by atoms with E-state index in [1.165, 1.54) is 7.14 Å². The molecule has 0 saturated heterocycles. The Labute approximate surface area is 140 Å². The summed E-state index contributed by atoms with van der Waals surface area (Å²) in [6, 6.07) is 16.0. The van der Waals surface area contributed by atoms with Crippen molar-refractivity contribution in [1.29, 1.82) is 0 Å². The summed E-state index contributed by atoms with van der Waals surface area (Å²) in [5.41, 5.74) is 0. The summed E-state index contributed by atoms with van der Waals surface area (Å²) in [6.07, 6.45) is 0. The average Bonchev–Trinajstić information content (AvgIpc) is 2.29. The fourth-order valence-corrected chi connectivity index (χ4v) is 3.41. The molecule has 2 aromatic carbocycles. The van der Waals surface area contributed by atoms with Gasteiger partial charge in [-0.15, -0.1) is 0 Å². The van der Waals surface area contributed by atoms with E-state index in [-0.39, 0.29) is 0 Å². The predicted molar refractivity (Wildman–Crippen MR) is 79.6 cm³/mol. The standard InChI is InChI=1S/2C6H5IO.Zr/c2*7-5-2-1-3-6(8)4-5;/h2*1-4,8H;/q;;+2/p-2. The third-order valence-electron chi connectivity index (χ3n) is 1.91. The zero-order valence-electron chi connectivity index (χ0n) is 8.69. The van der Waals surface area contributed by atoms with Crippen molar-refractivity contribution in [3.63, 3.8) is 0 Å². The first-order valence-corrected chi connectivity index (χ1v) is 9.00. The van der Waals surface area contributed by atoms with Gasteiger partial charge in [-0.2, -0.15) is 0 Å². The second-order valence-electron chi connectivity index (χ2n) is 3.20. The van der Waals surface area contributed by atoms with E-state index in [0.29, 0.717) is 0 Å². The van der Waals surface area contributed by atoms with Gasteiger partial charge >= 0.3 is 142 Å². The molecule has 0 aliphatic carbocycles. The van der Waals surface area contributed by atoms with Gasteiger partial charge in [0.25, 0.3) is 0 Å². The van der Waals surface area contributed by atoms with Crippen LogP contribution >= 0.6 is 45.2 Å². The minimum atomic E-state index is -1.30. The second-order valence-corrected chi connectivity index (χ2v) is 7.11. The van der Waals surface area contributed by atoms with Crippen LogP contribution in [-0.2, 0) is 24.1 Å². The van der Waals surface area contributed by atoms with Gasteiger partial charge in [0.1, 0.15) is 0 Å². The van der Waals surface area contributed by atoms with Crippen molar-refractivity contribution in [2.24, 2.45) is 0 Å². The second kappa shape index (κ2) is 7.09. The average molecular weight is 529 g/mol. The van der Waals surface area contributed by atoms with Crippen molar-refractivity contribution in [1.82, 2.24) is 0 Å². The Morgan fingerprint density at radius 2 is 1.24 bits per heavy atom. The molecule has 0 aliphatic rings. The van der Waals surface area contributed by atoms with E-state index in [4.69, 9.17) is 5.63 Å². The van der Waals surface area contributed by atoms with Gasteiger partial charge < -0.3 is 0 Å². The fourth-order valence-electron chi connectivity index (χ4n) is 1.18. The number of rotatable bonds is 4. The maximum atomic E-state index is 5.67.